The van der Waals surface area contributed by atoms with Crippen LogP contribution in [-0.2, 0) is 14.3 Å². The van der Waals surface area contributed by atoms with Crippen LogP contribution in [0.4, 0.5) is 4.79 Å². The summed E-state index contributed by atoms with van der Waals surface area (Å²) in [5.74, 6) is -1.26. The number of aliphatic carboxylic acids is 1. The summed E-state index contributed by atoms with van der Waals surface area (Å²) in [6, 6.07) is 16.3. The summed E-state index contributed by atoms with van der Waals surface area (Å²) in [7, 11) is 0. The van der Waals surface area contributed by atoms with E-state index in [0.29, 0.717) is 32.2 Å². The molecule has 7 heteroatoms. The number of alkyl carbamates (subject to hydrolysis) is 1. The van der Waals surface area contributed by atoms with Gasteiger partial charge in [-0.2, -0.15) is 0 Å². The van der Waals surface area contributed by atoms with Gasteiger partial charge in [0.2, 0.25) is 5.91 Å². The fourth-order valence-corrected chi connectivity index (χ4v) is 4.73. The minimum absolute atomic E-state index is 0.0139. The van der Waals surface area contributed by atoms with Crippen LogP contribution in [-0.4, -0.2) is 42.3 Å². The molecule has 2 atom stereocenters. The summed E-state index contributed by atoms with van der Waals surface area (Å²) in [4.78, 5) is 35.2. The standard InChI is InChI=1S/C25H28N2O5/c28-23(27-17-12-11-16(14-17)24(29)30)10-5-13-26-25(31)32-15-22-20-8-3-1-6-18(20)19-7-2-4-9-21(19)22/h1-4,6-9,16-17,22H,5,10-15H2,(H,26,31)(H,27,28)(H,29,30)/t16-,17+/m1/s1. The lowest BCUT2D eigenvalue weighted by Gasteiger charge is -2.15. The third-order valence-electron chi connectivity index (χ3n) is 6.34. The van der Waals surface area contributed by atoms with E-state index >= 15 is 0 Å². The fraction of sp³-hybridized carbons (Fsp3) is 0.400. The predicted molar refractivity (Wildman–Crippen MR) is 119 cm³/mol. The van der Waals surface area contributed by atoms with Gasteiger partial charge in [0, 0.05) is 24.9 Å². The van der Waals surface area contributed by atoms with Crippen LogP contribution in [0.1, 0.15) is 49.1 Å². The van der Waals surface area contributed by atoms with Crippen molar-refractivity contribution >= 4 is 18.0 Å². The summed E-state index contributed by atoms with van der Waals surface area (Å²) in [6.07, 6.45) is 2.05. The zero-order valence-electron chi connectivity index (χ0n) is 17.9. The van der Waals surface area contributed by atoms with Crippen molar-refractivity contribution in [2.75, 3.05) is 13.2 Å². The summed E-state index contributed by atoms with van der Waals surface area (Å²) in [5.41, 5.74) is 4.69. The number of ether oxygens (including phenoxy) is 1. The second-order valence-corrected chi connectivity index (χ2v) is 8.47. The van der Waals surface area contributed by atoms with E-state index in [-0.39, 0.29) is 36.8 Å². The van der Waals surface area contributed by atoms with Crippen LogP contribution < -0.4 is 10.6 Å². The first-order valence-electron chi connectivity index (χ1n) is 11.1. The highest BCUT2D eigenvalue weighted by molar-refractivity contribution is 5.79. The van der Waals surface area contributed by atoms with Crippen molar-refractivity contribution in [2.45, 2.75) is 44.1 Å². The molecule has 0 unspecified atom stereocenters. The molecular weight excluding hydrogens is 408 g/mol. The third-order valence-corrected chi connectivity index (χ3v) is 6.34. The number of nitrogens with one attached hydrogen (secondary N) is 2. The predicted octanol–water partition coefficient (Wildman–Crippen LogP) is 3.67. The van der Waals surface area contributed by atoms with Gasteiger partial charge in [-0.1, -0.05) is 48.5 Å². The van der Waals surface area contributed by atoms with Gasteiger partial charge in [-0.15, -0.1) is 0 Å². The van der Waals surface area contributed by atoms with E-state index in [0.717, 1.165) is 11.1 Å². The van der Waals surface area contributed by atoms with Gasteiger partial charge in [0.25, 0.3) is 0 Å². The number of carboxylic acids is 1. The van der Waals surface area contributed by atoms with E-state index in [4.69, 9.17) is 9.84 Å². The lowest BCUT2D eigenvalue weighted by atomic mass is 9.98. The molecule has 4 rings (SSSR count). The number of carbonyl (C=O) groups is 3. The Morgan fingerprint density at radius 1 is 0.969 bits per heavy atom. The number of amides is 2. The normalized spacial score (nSPS) is 19.1. The Morgan fingerprint density at radius 2 is 1.62 bits per heavy atom. The molecule has 0 bridgehead atoms. The van der Waals surface area contributed by atoms with E-state index < -0.39 is 12.1 Å². The van der Waals surface area contributed by atoms with Gasteiger partial charge in [-0.05, 0) is 47.9 Å². The fourth-order valence-electron chi connectivity index (χ4n) is 4.73. The number of hydrogen-bond acceptors (Lipinski definition) is 4. The highest BCUT2D eigenvalue weighted by Crippen LogP contribution is 2.44. The quantitative estimate of drug-likeness (QED) is 0.548. The molecule has 2 aromatic rings. The Bertz CT molecular complexity index is 960. The molecule has 3 N–H and O–H groups in total. The average molecular weight is 437 g/mol. The maximum atomic E-state index is 12.2. The van der Waals surface area contributed by atoms with Crippen LogP contribution in [0.25, 0.3) is 11.1 Å². The molecule has 168 valence electrons. The Kier molecular flexibility index (Phi) is 6.73. The van der Waals surface area contributed by atoms with Crippen LogP contribution in [0.2, 0.25) is 0 Å². The zero-order chi connectivity index (χ0) is 22.5. The first kappa shape index (κ1) is 21.9. The summed E-state index contributed by atoms with van der Waals surface area (Å²) in [6.45, 7) is 0.597. The number of carbonyl (C=O) groups excluding carboxylic acids is 2. The molecule has 2 amide bonds. The molecule has 0 radical (unpaired) electrons. The summed E-state index contributed by atoms with van der Waals surface area (Å²) in [5, 5.41) is 14.6. The van der Waals surface area contributed by atoms with Crippen LogP contribution in [0.3, 0.4) is 0 Å². The molecule has 0 saturated heterocycles. The largest absolute Gasteiger partial charge is 0.481 e. The van der Waals surface area contributed by atoms with E-state index in [1.165, 1.54) is 11.1 Å². The number of hydrogen-bond donors (Lipinski definition) is 3. The van der Waals surface area contributed by atoms with Gasteiger partial charge in [-0.3, -0.25) is 9.59 Å². The topological polar surface area (TPSA) is 105 Å². The second-order valence-electron chi connectivity index (χ2n) is 8.47. The Balaban J connectivity index is 1.17. The smallest absolute Gasteiger partial charge is 0.407 e. The van der Waals surface area contributed by atoms with E-state index in [2.05, 4.69) is 34.9 Å². The van der Waals surface area contributed by atoms with Gasteiger partial charge in [0.15, 0.2) is 0 Å². The molecule has 2 aliphatic rings. The van der Waals surface area contributed by atoms with Crippen molar-refractivity contribution in [1.82, 2.24) is 10.6 Å². The van der Waals surface area contributed by atoms with Crippen LogP contribution in [0.5, 0.6) is 0 Å². The number of carboxylic acid groups (broad SMARTS) is 1. The molecule has 1 fully saturated rings. The third kappa shape index (κ3) is 4.93. The van der Waals surface area contributed by atoms with Gasteiger partial charge in [-0.25, -0.2) is 4.79 Å². The minimum Gasteiger partial charge on any atom is -0.481 e. The van der Waals surface area contributed by atoms with Crippen molar-refractivity contribution in [2.24, 2.45) is 5.92 Å². The zero-order valence-corrected chi connectivity index (χ0v) is 17.9. The maximum absolute atomic E-state index is 12.2. The van der Waals surface area contributed by atoms with Crippen LogP contribution in [0, 0.1) is 5.92 Å². The molecule has 7 nitrogen and oxygen atoms in total. The first-order valence-corrected chi connectivity index (χ1v) is 11.1. The van der Waals surface area contributed by atoms with Gasteiger partial charge < -0.3 is 20.5 Å². The molecule has 2 aliphatic carbocycles. The molecule has 0 spiro atoms. The van der Waals surface area contributed by atoms with E-state index in [1.807, 2.05) is 24.3 Å². The number of fused-ring (bicyclic) bond motifs is 3. The molecule has 0 aliphatic heterocycles. The highest BCUT2D eigenvalue weighted by Gasteiger charge is 2.30. The summed E-state index contributed by atoms with van der Waals surface area (Å²) >= 11 is 0. The molecule has 0 heterocycles. The van der Waals surface area contributed by atoms with Crippen LogP contribution in [0.15, 0.2) is 48.5 Å². The second kappa shape index (κ2) is 9.85. The van der Waals surface area contributed by atoms with Gasteiger partial charge in [0.1, 0.15) is 6.61 Å². The first-order chi connectivity index (χ1) is 15.5. The molecule has 2 aromatic carbocycles. The van der Waals surface area contributed by atoms with Crippen molar-refractivity contribution in [3.8, 4) is 11.1 Å². The number of benzene rings is 2. The van der Waals surface area contributed by atoms with Crippen molar-refractivity contribution < 1.29 is 24.2 Å². The maximum Gasteiger partial charge on any atom is 0.407 e. The van der Waals surface area contributed by atoms with Crippen LogP contribution >= 0.6 is 0 Å². The highest BCUT2D eigenvalue weighted by atomic mass is 16.5. The van der Waals surface area contributed by atoms with Crippen molar-refractivity contribution in [3.63, 3.8) is 0 Å². The van der Waals surface area contributed by atoms with Crippen molar-refractivity contribution in [3.05, 3.63) is 59.7 Å². The monoisotopic (exact) mass is 436 g/mol. The van der Waals surface area contributed by atoms with Crippen molar-refractivity contribution in [1.29, 1.82) is 0 Å². The summed E-state index contributed by atoms with van der Waals surface area (Å²) < 4.78 is 5.48. The van der Waals surface area contributed by atoms with E-state index in [9.17, 15) is 14.4 Å². The Morgan fingerprint density at radius 3 is 2.25 bits per heavy atom. The van der Waals surface area contributed by atoms with Gasteiger partial charge in [0.05, 0.1) is 5.92 Å². The molecule has 1 saturated carbocycles. The number of rotatable bonds is 8. The van der Waals surface area contributed by atoms with E-state index in [1.54, 1.807) is 0 Å². The lowest BCUT2D eigenvalue weighted by molar-refractivity contribution is -0.141. The van der Waals surface area contributed by atoms with Gasteiger partial charge >= 0.3 is 12.1 Å². The molecular formula is C25H28N2O5. The Labute approximate surface area is 187 Å². The average Bonchev–Trinajstić information content (AvgIpc) is 3.38. The minimum atomic E-state index is -0.797. The SMILES string of the molecule is O=C(CCCNC(=O)OCC1c2ccccc2-c2ccccc21)N[C@H]1CC[C@@H](C(=O)O)C1. The Hall–Kier alpha value is -3.35. The lowest BCUT2D eigenvalue weighted by Crippen LogP contribution is -2.34. The molecule has 0 aromatic heterocycles. The molecule has 32 heavy (non-hydrogen) atoms.